The van der Waals surface area contributed by atoms with Crippen LogP contribution in [-0.4, -0.2) is 12.6 Å². The third-order valence-corrected chi connectivity index (χ3v) is 4.44. The summed E-state index contributed by atoms with van der Waals surface area (Å²) in [5, 5.41) is 3.67. The van der Waals surface area contributed by atoms with Crippen molar-refractivity contribution in [2.45, 2.75) is 65.3 Å². The van der Waals surface area contributed by atoms with E-state index in [0.29, 0.717) is 6.04 Å². The summed E-state index contributed by atoms with van der Waals surface area (Å²) < 4.78 is 0. The SMILES string of the molecule is CCNC(CC1=CCCCC1)Cc1ccc(C)c(C)c1. The molecule has 0 radical (unpaired) electrons. The maximum Gasteiger partial charge on any atom is 0.0144 e. The molecule has 1 unspecified atom stereocenters. The van der Waals surface area contributed by atoms with Gasteiger partial charge in [0.2, 0.25) is 0 Å². The molecule has 1 nitrogen and oxygen atoms in total. The molecule has 0 bridgehead atoms. The van der Waals surface area contributed by atoms with Gasteiger partial charge >= 0.3 is 0 Å². The third kappa shape index (κ3) is 4.49. The largest absolute Gasteiger partial charge is 0.314 e. The number of aryl methyl sites for hydroxylation is 2. The lowest BCUT2D eigenvalue weighted by molar-refractivity contribution is 0.504. The first-order chi connectivity index (χ1) is 9.69. The Kier molecular flexibility index (Phi) is 5.85. The van der Waals surface area contributed by atoms with E-state index in [2.05, 4.69) is 50.4 Å². The second-order valence-electron chi connectivity index (χ2n) is 6.19. The Morgan fingerprint density at radius 1 is 1.10 bits per heavy atom. The van der Waals surface area contributed by atoms with E-state index in [1.165, 1.54) is 48.8 Å². The van der Waals surface area contributed by atoms with Crippen molar-refractivity contribution in [1.29, 1.82) is 0 Å². The topological polar surface area (TPSA) is 12.0 Å². The fourth-order valence-corrected chi connectivity index (χ4v) is 3.13. The smallest absolute Gasteiger partial charge is 0.0144 e. The molecule has 2 rings (SSSR count). The van der Waals surface area contributed by atoms with Gasteiger partial charge in [0.25, 0.3) is 0 Å². The van der Waals surface area contributed by atoms with E-state index in [4.69, 9.17) is 0 Å². The van der Waals surface area contributed by atoms with Gasteiger partial charge in [-0.05, 0) is 75.6 Å². The summed E-state index contributed by atoms with van der Waals surface area (Å²) in [6.07, 6.45) is 10.2. The van der Waals surface area contributed by atoms with Crippen molar-refractivity contribution in [2.75, 3.05) is 6.54 Å². The number of rotatable bonds is 6. The Morgan fingerprint density at radius 3 is 2.60 bits per heavy atom. The van der Waals surface area contributed by atoms with E-state index in [1.807, 2.05) is 0 Å². The highest BCUT2D eigenvalue weighted by Gasteiger charge is 2.13. The molecule has 1 aliphatic rings. The molecule has 0 heterocycles. The van der Waals surface area contributed by atoms with Gasteiger partial charge in [-0.3, -0.25) is 0 Å². The summed E-state index contributed by atoms with van der Waals surface area (Å²) in [6, 6.07) is 7.50. The molecular weight excluding hydrogens is 242 g/mol. The van der Waals surface area contributed by atoms with Crippen LogP contribution < -0.4 is 5.32 Å². The molecule has 20 heavy (non-hydrogen) atoms. The van der Waals surface area contributed by atoms with Crippen LogP contribution in [0, 0.1) is 13.8 Å². The first-order valence-corrected chi connectivity index (χ1v) is 8.16. The molecule has 1 atom stereocenters. The number of hydrogen-bond donors (Lipinski definition) is 1. The number of likely N-dealkylation sites (N-methyl/N-ethyl adjacent to an activating group) is 1. The van der Waals surface area contributed by atoms with Gasteiger partial charge in [-0.15, -0.1) is 0 Å². The Morgan fingerprint density at radius 2 is 1.95 bits per heavy atom. The van der Waals surface area contributed by atoms with Gasteiger partial charge in [-0.25, -0.2) is 0 Å². The van der Waals surface area contributed by atoms with Crippen molar-refractivity contribution in [3.63, 3.8) is 0 Å². The van der Waals surface area contributed by atoms with E-state index in [0.717, 1.165) is 13.0 Å². The summed E-state index contributed by atoms with van der Waals surface area (Å²) >= 11 is 0. The van der Waals surface area contributed by atoms with E-state index in [9.17, 15) is 0 Å². The standard InChI is InChI=1S/C19H29N/c1-4-20-19(13-17-8-6-5-7-9-17)14-18-11-10-15(2)16(3)12-18/h8,10-12,19-20H,4-7,9,13-14H2,1-3H3. The normalized spacial score (nSPS) is 16.9. The van der Waals surface area contributed by atoms with Crippen molar-refractivity contribution in [1.82, 2.24) is 5.32 Å². The zero-order chi connectivity index (χ0) is 14.4. The Balaban J connectivity index is 2.00. The summed E-state index contributed by atoms with van der Waals surface area (Å²) in [5.74, 6) is 0. The number of benzene rings is 1. The first-order valence-electron chi connectivity index (χ1n) is 8.16. The highest BCUT2D eigenvalue weighted by atomic mass is 14.9. The van der Waals surface area contributed by atoms with E-state index >= 15 is 0 Å². The predicted molar refractivity (Wildman–Crippen MR) is 88.3 cm³/mol. The molecule has 0 spiro atoms. The Bertz CT molecular complexity index is 459. The molecule has 1 aromatic rings. The third-order valence-electron chi connectivity index (χ3n) is 4.44. The van der Waals surface area contributed by atoms with Crippen molar-refractivity contribution < 1.29 is 0 Å². The second kappa shape index (κ2) is 7.64. The second-order valence-corrected chi connectivity index (χ2v) is 6.19. The summed E-state index contributed by atoms with van der Waals surface area (Å²) in [5.41, 5.74) is 5.94. The van der Waals surface area contributed by atoms with E-state index < -0.39 is 0 Å². The summed E-state index contributed by atoms with van der Waals surface area (Å²) in [4.78, 5) is 0. The van der Waals surface area contributed by atoms with E-state index in [1.54, 1.807) is 5.57 Å². The van der Waals surface area contributed by atoms with Gasteiger partial charge in [0.15, 0.2) is 0 Å². The van der Waals surface area contributed by atoms with Crippen molar-refractivity contribution in [3.8, 4) is 0 Å². The van der Waals surface area contributed by atoms with Crippen LogP contribution in [0.2, 0.25) is 0 Å². The summed E-state index contributed by atoms with van der Waals surface area (Å²) in [7, 11) is 0. The average Bonchev–Trinajstić information content (AvgIpc) is 2.44. The lowest BCUT2D eigenvalue weighted by Crippen LogP contribution is -2.31. The van der Waals surface area contributed by atoms with Crippen LogP contribution in [0.15, 0.2) is 29.8 Å². The molecule has 1 aromatic carbocycles. The van der Waals surface area contributed by atoms with Crippen LogP contribution in [0.4, 0.5) is 0 Å². The molecule has 1 aliphatic carbocycles. The van der Waals surface area contributed by atoms with Gasteiger partial charge in [0.1, 0.15) is 0 Å². The minimum absolute atomic E-state index is 0.589. The number of nitrogens with one attached hydrogen (secondary N) is 1. The lowest BCUT2D eigenvalue weighted by Gasteiger charge is -2.22. The van der Waals surface area contributed by atoms with Crippen LogP contribution in [0.25, 0.3) is 0 Å². The maximum atomic E-state index is 3.67. The van der Waals surface area contributed by atoms with Gasteiger partial charge in [-0.1, -0.05) is 36.8 Å². The van der Waals surface area contributed by atoms with Crippen molar-refractivity contribution >= 4 is 0 Å². The van der Waals surface area contributed by atoms with Crippen LogP contribution in [0.5, 0.6) is 0 Å². The average molecular weight is 271 g/mol. The minimum atomic E-state index is 0.589. The fraction of sp³-hybridized carbons (Fsp3) is 0.579. The fourth-order valence-electron chi connectivity index (χ4n) is 3.13. The zero-order valence-electron chi connectivity index (χ0n) is 13.3. The van der Waals surface area contributed by atoms with Crippen LogP contribution >= 0.6 is 0 Å². The lowest BCUT2D eigenvalue weighted by atomic mass is 9.91. The quantitative estimate of drug-likeness (QED) is 0.739. The van der Waals surface area contributed by atoms with Crippen molar-refractivity contribution in [3.05, 3.63) is 46.5 Å². The molecule has 0 saturated carbocycles. The first kappa shape index (κ1) is 15.3. The molecule has 1 heteroatoms. The number of hydrogen-bond acceptors (Lipinski definition) is 1. The Hall–Kier alpha value is -1.08. The maximum absolute atomic E-state index is 3.67. The molecule has 0 aliphatic heterocycles. The molecule has 0 amide bonds. The molecule has 110 valence electrons. The van der Waals surface area contributed by atoms with Crippen LogP contribution in [0.3, 0.4) is 0 Å². The molecule has 0 aromatic heterocycles. The van der Waals surface area contributed by atoms with Crippen LogP contribution in [0.1, 0.15) is 55.7 Å². The zero-order valence-corrected chi connectivity index (χ0v) is 13.3. The highest BCUT2D eigenvalue weighted by Crippen LogP contribution is 2.23. The predicted octanol–water partition coefficient (Wildman–Crippen LogP) is 4.71. The van der Waals surface area contributed by atoms with Gasteiger partial charge < -0.3 is 5.32 Å². The van der Waals surface area contributed by atoms with Crippen LogP contribution in [-0.2, 0) is 6.42 Å². The van der Waals surface area contributed by atoms with Crippen molar-refractivity contribution in [2.24, 2.45) is 0 Å². The van der Waals surface area contributed by atoms with E-state index in [-0.39, 0.29) is 0 Å². The minimum Gasteiger partial charge on any atom is -0.314 e. The highest BCUT2D eigenvalue weighted by molar-refractivity contribution is 5.30. The van der Waals surface area contributed by atoms with Gasteiger partial charge in [0, 0.05) is 6.04 Å². The molecule has 0 saturated heterocycles. The number of allylic oxidation sites excluding steroid dienone is 1. The molecule has 1 N–H and O–H groups in total. The Labute approximate surface area is 124 Å². The monoisotopic (exact) mass is 271 g/mol. The van der Waals surface area contributed by atoms with Gasteiger partial charge in [-0.2, -0.15) is 0 Å². The van der Waals surface area contributed by atoms with Gasteiger partial charge in [0.05, 0.1) is 0 Å². The molecule has 0 fully saturated rings. The molecular formula is C19H29N. The summed E-state index contributed by atoms with van der Waals surface area (Å²) in [6.45, 7) is 7.67.